The van der Waals surface area contributed by atoms with Gasteiger partial charge < -0.3 is 9.05 Å². The minimum absolute atomic E-state index is 0.245. The molecule has 0 fully saturated rings. The van der Waals surface area contributed by atoms with Crippen molar-refractivity contribution in [2.45, 2.75) is 26.2 Å². The molecule has 0 aliphatic heterocycles. The molecule has 2 aromatic heterocycles. The molecular formula is C16H15F3N4O2. The summed E-state index contributed by atoms with van der Waals surface area (Å²) in [5.74, 6) is 1.33. The molecule has 0 aliphatic rings. The predicted octanol–water partition coefficient (Wildman–Crippen LogP) is 3.68. The number of alkyl halides is 3. The third-order valence-corrected chi connectivity index (χ3v) is 3.45. The summed E-state index contributed by atoms with van der Waals surface area (Å²) in [5.41, 5.74) is 0.517. The van der Waals surface area contributed by atoms with Crippen LogP contribution in [0.3, 0.4) is 0 Å². The number of benzene rings is 1. The van der Waals surface area contributed by atoms with E-state index in [9.17, 15) is 13.2 Å². The largest absolute Gasteiger partial charge is 0.416 e. The number of halogens is 3. The summed E-state index contributed by atoms with van der Waals surface area (Å²) in [4.78, 5) is 6.12. The minimum atomic E-state index is -4.37. The van der Waals surface area contributed by atoms with Crippen molar-refractivity contribution in [1.29, 1.82) is 0 Å². The van der Waals surface area contributed by atoms with E-state index in [1.807, 2.05) is 24.9 Å². The molecule has 0 aliphatic carbocycles. The second kappa shape index (κ2) is 6.67. The Labute approximate surface area is 141 Å². The van der Waals surface area contributed by atoms with Crippen LogP contribution in [0.15, 0.2) is 39.4 Å². The van der Waals surface area contributed by atoms with Crippen molar-refractivity contribution in [3.8, 4) is 11.4 Å². The van der Waals surface area contributed by atoms with E-state index in [1.165, 1.54) is 12.1 Å². The van der Waals surface area contributed by atoms with Crippen molar-refractivity contribution in [3.05, 3.63) is 53.2 Å². The Morgan fingerprint density at radius 3 is 2.36 bits per heavy atom. The second-order valence-corrected chi connectivity index (χ2v) is 5.69. The summed E-state index contributed by atoms with van der Waals surface area (Å²) in [5, 5.41) is 7.72. The van der Waals surface area contributed by atoms with Crippen molar-refractivity contribution in [3.63, 3.8) is 0 Å². The van der Waals surface area contributed by atoms with Crippen LogP contribution < -0.4 is 0 Å². The van der Waals surface area contributed by atoms with Gasteiger partial charge in [-0.1, -0.05) is 22.4 Å². The van der Waals surface area contributed by atoms with Crippen LogP contribution in [-0.4, -0.2) is 27.2 Å². The van der Waals surface area contributed by atoms with Gasteiger partial charge in [0.1, 0.15) is 5.76 Å². The van der Waals surface area contributed by atoms with Crippen LogP contribution in [0.2, 0.25) is 0 Å². The highest BCUT2D eigenvalue weighted by Crippen LogP contribution is 2.30. The standard InChI is InChI=1S/C16H15F3N4O2/c1-10-7-13(21-24-10)8-23(2)9-14-20-15(22-25-14)11-3-5-12(6-4-11)16(17,18)19/h3-7H,8-9H2,1-2H3. The lowest BCUT2D eigenvalue weighted by Gasteiger charge is -2.11. The fourth-order valence-electron chi connectivity index (χ4n) is 2.30. The molecule has 0 N–H and O–H groups in total. The highest BCUT2D eigenvalue weighted by molar-refractivity contribution is 5.54. The Morgan fingerprint density at radius 1 is 1.04 bits per heavy atom. The maximum atomic E-state index is 12.6. The van der Waals surface area contributed by atoms with Gasteiger partial charge in [-0.2, -0.15) is 18.2 Å². The topological polar surface area (TPSA) is 68.2 Å². The summed E-state index contributed by atoms with van der Waals surface area (Å²) < 4.78 is 47.9. The first-order valence-corrected chi connectivity index (χ1v) is 7.42. The molecule has 1 aromatic carbocycles. The molecule has 0 saturated heterocycles. The summed E-state index contributed by atoms with van der Waals surface area (Å²) in [6.45, 7) is 2.72. The van der Waals surface area contributed by atoms with Gasteiger partial charge in [-0.25, -0.2) is 0 Å². The fourth-order valence-corrected chi connectivity index (χ4v) is 2.30. The quantitative estimate of drug-likeness (QED) is 0.698. The van der Waals surface area contributed by atoms with Gasteiger partial charge in [0, 0.05) is 18.2 Å². The lowest BCUT2D eigenvalue weighted by Crippen LogP contribution is -2.17. The van der Waals surface area contributed by atoms with Crippen LogP contribution in [0.25, 0.3) is 11.4 Å². The van der Waals surface area contributed by atoms with Crippen molar-refractivity contribution in [2.75, 3.05) is 7.05 Å². The molecule has 0 amide bonds. The van der Waals surface area contributed by atoms with Crippen molar-refractivity contribution >= 4 is 0 Å². The van der Waals surface area contributed by atoms with Gasteiger partial charge >= 0.3 is 6.18 Å². The number of nitrogens with zero attached hydrogens (tertiary/aromatic N) is 4. The van der Waals surface area contributed by atoms with Crippen LogP contribution in [0.1, 0.15) is 22.9 Å². The lowest BCUT2D eigenvalue weighted by atomic mass is 10.1. The Morgan fingerprint density at radius 2 is 1.76 bits per heavy atom. The maximum absolute atomic E-state index is 12.6. The molecule has 6 nitrogen and oxygen atoms in total. The molecular weight excluding hydrogens is 337 g/mol. The molecule has 0 spiro atoms. The SMILES string of the molecule is Cc1cc(CN(C)Cc2nc(-c3ccc(C(F)(F)F)cc3)no2)no1. The van der Waals surface area contributed by atoms with Crippen LogP contribution in [-0.2, 0) is 19.3 Å². The Balaban J connectivity index is 1.65. The van der Waals surface area contributed by atoms with Gasteiger partial charge in [-0.3, -0.25) is 4.90 Å². The van der Waals surface area contributed by atoms with Crippen LogP contribution >= 0.6 is 0 Å². The van der Waals surface area contributed by atoms with Crippen molar-refractivity contribution in [1.82, 2.24) is 20.2 Å². The smallest absolute Gasteiger partial charge is 0.361 e. The minimum Gasteiger partial charge on any atom is -0.361 e. The van der Waals surface area contributed by atoms with Crippen molar-refractivity contribution < 1.29 is 22.2 Å². The zero-order valence-electron chi connectivity index (χ0n) is 13.5. The molecule has 0 unspecified atom stereocenters. The van der Waals surface area contributed by atoms with Gasteiger partial charge in [-0.05, 0) is 26.1 Å². The third-order valence-electron chi connectivity index (χ3n) is 3.45. The van der Waals surface area contributed by atoms with E-state index in [0.29, 0.717) is 24.5 Å². The molecule has 132 valence electrons. The van der Waals surface area contributed by atoms with Gasteiger partial charge in [-0.15, -0.1) is 0 Å². The number of hydrogen-bond acceptors (Lipinski definition) is 6. The van der Waals surface area contributed by atoms with E-state index in [1.54, 1.807) is 0 Å². The Hall–Kier alpha value is -2.68. The maximum Gasteiger partial charge on any atom is 0.416 e. The predicted molar refractivity (Wildman–Crippen MR) is 81.1 cm³/mol. The summed E-state index contributed by atoms with van der Waals surface area (Å²) >= 11 is 0. The number of aryl methyl sites for hydroxylation is 1. The highest BCUT2D eigenvalue weighted by atomic mass is 19.4. The van der Waals surface area contributed by atoms with Crippen LogP contribution in [0.4, 0.5) is 13.2 Å². The van der Waals surface area contributed by atoms with E-state index in [0.717, 1.165) is 23.6 Å². The van der Waals surface area contributed by atoms with E-state index in [-0.39, 0.29) is 5.82 Å². The Kier molecular flexibility index (Phi) is 4.58. The molecule has 0 bridgehead atoms. The zero-order chi connectivity index (χ0) is 18.0. The second-order valence-electron chi connectivity index (χ2n) is 5.69. The van der Waals surface area contributed by atoms with Crippen LogP contribution in [0, 0.1) is 6.92 Å². The van der Waals surface area contributed by atoms with Gasteiger partial charge in [0.15, 0.2) is 0 Å². The molecule has 3 rings (SSSR count). The average molecular weight is 352 g/mol. The molecule has 0 radical (unpaired) electrons. The number of hydrogen-bond donors (Lipinski definition) is 0. The molecule has 9 heteroatoms. The van der Waals surface area contributed by atoms with E-state index in [4.69, 9.17) is 9.05 Å². The number of rotatable bonds is 5. The molecule has 2 heterocycles. The summed E-state index contributed by atoms with van der Waals surface area (Å²) in [6, 6.07) is 6.45. The summed E-state index contributed by atoms with van der Waals surface area (Å²) in [6.07, 6.45) is -4.37. The first-order chi connectivity index (χ1) is 11.8. The van der Waals surface area contributed by atoms with E-state index >= 15 is 0 Å². The lowest BCUT2D eigenvalue weighted by molar-refractivity contribution is -0.137. The van der Waals surface area contributed by atoms with Gasteiger partial charge in [0.05, 0.1) is 17.8 Å². The molecule has 25 heavy (non-hydrogen) atoms. The van der Waals surface area contributed by atoms with Gasteiger partial charge in [0.25, 0.3) is 0 Å². The Bertz CT molecular complexity index is 840. The third kappa shape index (κ3) is 4.24. The molecule has 0 atom stereocenters. The van der Waals surface area contributed by atoms with E-state index < -0.39 is 11.7 Å². The first-order valence-electron chi connectivity index (χ1n) is 7.42. The van der Waals surface area contributed by atoms with E-state index in [2.05, 4.69) is 15.3 Å². The fraction of sp³-hybridized carbons (Fsp3) is 0.312. The highest BCUT2D eigenvalue weighted by Gasteiger charge is 2.30. The van der Waals surface area contributed by atoms with Crippen molar-refractivity contribution in [2.24, 2.45) is 0 Å². The molecule has 3 aromatic rings. The van der Waals surface area contributed by atoms with Gasteiger partial charge in [0.2, 0.25) is 11.7 Å². The average Bonchev–Trinajstić information content (AvgIpc) is 3.16. The monoisotopic (exact) mass is 352 g/mol. The number of aromatic nitrogens is 3. The summed E-state index contributed by atoms with van der Waals surface area (Å²) in [7, 11) is 1.85. The molecule has 0 saturated carbocycles. The first kappa shape index (κ1) is 17.2. The van der Waals surface area contributed by atoms with Crippen LogP contribution in [0.5, 0.6) is 0 Å². The normalized spacial score (nSPS) is 12.1. The zero-order valence-corrected chi connectivity index (χ0v) is 13.5.